The van der Waals surface area contributed by atoms with Gasteiger partial charge in [-0.15, -0.1) is 0 Å². The molecule has 4 aliphatic carbocycles. The minimum Gasteiger partial charge on any atom is -0.393 e. The van der Waals surface area contributed by atoms with Crippen LogP contribution in [0.4, 0.5) is 0 Å². The third-order valence-corrected chi connectivity index (χ3v) is 9.44. The van der Waals surface area contributed by atoms with Gasteiger partial charge in [0.1, 0.15) is 5.78 Å². The molecule has 5 aliphatic rings. The summed E-state index contributed by atoms with van der Waals surface area (Å²) >= 11 is 0. The number of hydrogen-bond donors (Lipinski definition) is 1. The molecule has 0 amide bonds. The molecule has 0 aromatic rings. The SMILES string of the molecule is CC(=O)[C@H]1CC[C@H]2[C@@H]3CCC4CC(O)C[C@@H]5O[C@H](C[C@]12C)C3[C@]45C. The van der Waals surface area contributed by atoms with Crippen LogP contribution >= 0.6 is 0 Å². The van der Waals surface area contributed by atoms with Gasteiger partial charge in [0, 0.05) is 17.8 Å². The molecule has 5 rings (SSSR count). The lowest BCUT2D eigenvalue weighted by Gasteiger charge is -2.58. The highest BCUT2D eigenvalue weighted by atomic mass is 16.5. The van der Waals surface area contributed by atoms with Crippen LogP contribution in [-0.4, -0.2) is 29.2 Å². The average Bonchev–Trinajstić information content (AvgIpc) is 2.98. The molecule has 1 N–H and O–H groups in total. The van der Waals surface area contributed by atoms with Crippen molar-refractivity contribution in [2.75, 3.05) is 0 Å². The molecule has 1 saturated heterocycles. The topological polar surface area (TPSA) is 46.5 Å². The van der Waals surface area contributed by atoms with Gasteiger partial charge in [-0.2, -0.15) is 0 Å². The number of aliphatic hydroxyl groups is 1. The summed E-state index contributed by atoms with van der Waals surface area (Å²) in [5.41, 5.74) is 0.412. The van der Waals surface area contributed by atoms with Gasteiger partial charge in [0.15, 0.2) is 0 Å². The molecule has 0 radical (unpaired) electrons. The highest BCUT2D eigenvalue weighted by Gasteiger charge is 2.69. The first-order chi connectivity index (χ1) is 11.4. The predicted octanol–water partition coefficient (Wildman–Crippen LogP) is 3.58. The number of fused-ring (bicyclic) bond motifs is 2. The van der Waals surface area contributed by atoms with Crippen molar-refractivity contribution < 1.29 is 14.6 Å². The van der Waals surface area contributed by atoms with E-state index in [1.54, 1.807) is 6.92 Å². The zero-order valence-electron chi connectivity index (χ0n) is 15.3. The lowest BCUT2D eigenvalue weighted by atomic mass is 9.44. The van der Waals surface area contributed by atoms with E-state index in [2.05, 4.69) is 13.8 Å². The van der Waals surface area contributed by atoms with Crippen molar-refractivity contribution in [1.29, 1.82) is 0 Å². The van der Waals surface area contributed by atoms with Crippen molar-refractivity contribution in [2.24, 2.45) is 40.4 Å². The van der Waals surface area contributed by atoms with Crippen molar-refractivity contribution >= 4 is 5.78 Å². The van der Waals surface area contributed by atoms with E-state index in [1.165, 1.54) is 19.3 Å². The van der Waals surface area contributed by atoms with Crippen LogP contribution in [0.25, 0.3) is 0 Å². The van der Waals surface area contributed by atoms with Crippen LogP contribution < -0.4 is 0 Å². The fourth-order valence-corrected chi connectivity index (χ4v) is 8.56. The lowest BCUT2D eigenvalue weighted by Crippen LogP contribution is -2.57. The summed E-state index contributed by atoms with van der Waals surface area (Å²) in [5.74, 6) is 3.37. The number of aliphatic hydroxyl groups excluding tert-OH is 1. The number of carbonyl (C=O) groups is 1. The van der Waals surface area contributed by atoms with Crippen molar-refractivity contribution in [1.82, 2.24) is 0 Å². The Morgan fingerprint density at radius 1 is 1.12 bits per heavy atom. The molecule has 134 valence electrons. The van der Waals surface area contributed by atoms with Crippen LogP contribution in [-0.2, 0) is 9.53 Å². The fourth-order valence-electron chi connectivity index (χ4n) is 8.56. The number of ketones is 1. The Labute approximate surface area is 145 Å². The molecular formula is C21H32O3. The van der Waals surface area contributed by atoms with Crippen LogP contribution in [0.2, 0.25) is 0 Å². The summed E-state index contributed by atoms with van der Waals surface area (Å²) < 4.78 is 6.65. The number of rotatable bonds is 1. The van der Waals surface area contributed by atoms with E-state index >= 15 is 0 Å². The van der Waals surface area contributed by atoms with Crippen LogP contribution in [0.15, 0.2) is 0 Å². The van der Waals surface area contributed by atoms with Gasteiger partial charge in [0.05, 0.1) is 18.3 Å². The Hall–Kier alpha value is -0.410. The van der Waals surface area contributed by atoms with Crippen LogP contribution in [0, 0.1) is 40.4 Å². The Bertz CT molecular complexity index is 573. The fraction of sp³-hybridized carbons (Fsp3) is 0.952. The summed E-state index contributed by atoms with van der Waals surface area (Å²) in [6.45, 7) is 6.67. The molecule has 0 aromatic heterocycles. The average molecular weight is 332 g/mol. The van der Waals surface area contributed by atoms with Gasteiger partial charge in [-0.05, 0) is 74.5 Å². The summed E-state index contributed by atoms with van der Waals surface area (Å²) in [6.07, 6.45) is 8.11. The number of carbonyl (C=O) groups excluding carboxylic acids is 1. The number of hydrogen-bond acceptors (Lipinski definition) is 3. The van der Waals surface area contributed by atoms with Crippen molar-refractivity contribution in [3.63, 3.8) is 0 Å². The highest BCUT2D eigenvalue weighted by molar-refractivity contribution is 5.79. The molecule has 4 saturated carbocycles. The molecule has 10 atom stereocenters. The molecule has 0 bridgehead atoms. The van der Waals surface area contributed by atoms with Crippen LogP contribution in [0.5, 0.6) is 0 Å². The predicted molar refractivity (Wildman–Crippen MR) is 91.3 cm³/mol. The summed E-state index contributed by atoms with van der Waals surface area (Å²) in [7, 11) is 0. The largest absolute Gasteiger partial charge is 0.393 e. The van der Waals surface area contributed by atoms with Gasteiger partial charge in [-0.3, -0.25) is 4.79 Å². The first-order valence-corrected chi connectivity index (χ1v) is 10.2. The van der Waals surface area contributed by atoms with Crippen molar-refractivity contribution in [2.45, 2.75) is 84.0 Å². The lowest BCUT2D eigenvalue weighted by molar-refractivity contribution is -0.133. The maximum absolute atomic E-state index is 12.3. The van der Waals surface area contributed by atoms with Gasteiger partial charge >= 0.3 is 0 Å². The third kappa shape index (κ3) is 1.74. The Kier molecular flexibility index (Phi) is 3.20. The summed E-state index contributed by atoms with van der Waals surface area (Å²) in [4.78, 5) is 12.3. The number of Topliss-reactive ketones (excluding diaryl/α,β-unsaturated/α-hetero) is 1. The van der Waals surface area contributed by atoms with Crippen molar-refractivity contribution in [3.05, 3.63) is 0 Å². The van der Waals surface area contributed by atoms with E-state index in [4.69, 9.17) is 4.74 Å². The quantitative estimate of drug-likeness (QED) is 0.798. The highest BCUT2D eigenvalue weighted by Crippen LogP contribution is 2.71. The molecule has 1 aliphatic heterocycles. The monoisotopic (exact) mass is 332 g/mol. The number of ether oxygens (including phenoxy) is 1. The molecule has 3 unspecified atom stereocenters. The first-order valence-electron chi connectivity index (χ1n) is 10.2. The first kappa shape index (κ1) is 15.8. The van der Waals surface area contributed by atoms with E-state index in [0.717, 1.165) is 31.6 Å². The second kappa shape index (κ2) is 4.85. The second-order valence-corrected chi connectivity index (χ2v) is 10.2. The molecule has 1 heterocycles. The maximum Gasteiger partial charge on any atom is 0.133 e. The van der Waals surface area contributed by atoms with Crippen molar-refractivity contribution in [3.8, 4) is 0 Å². The van der Waals surface area contributed by atoms with Gasteiger partial charge in [0.2, 0.25) is 0 Å². The molecule has 0 spiro atoms. The molecular weight excluding hydrogens is 300 g/mol. The normalized spacial score (nSPS) is 61.3. The summed E-state index contributed by atoms with van der Waals surface area (Å²) in [6, 6.07) is 0. The molecule has 24 heavy (non-hydrogen) atoms. The zero-order valence-corrected chi connectivity index (χ0v) is 15.3. The second-order valence-electron chi connectivity index (χ2n) is 10.2. The van der Waals surface area contributed by atoms with E-state index < -0.39 is 0 Å². The molecule has 3 nitrogen and oxygen atoms in total. The minimum atomic E-state index is -0.176. The maximum atomic E-state index is 12.3. The molecule has 3 heteroatoms. The minimum absolute atomic E-state index is 0.146. The van der Waals surface area contributed by atoms with Gasteiger partial charge in [0.25, 0.3) is 0 Å². The van der Waals surface area contributed by atoms with E-state index in [0.29, 0.717) is 29.6 Å². The van der Waals surface area contributed by atoms with E-state index in [1.807, 2.05) is 0 Å². The molecule has 5 fully saturated rings. The Morgan fingerprint density at radius 3 is 2.67 bits per heavy atom. The van der Waals surface area contributed by atoms with Gasteiger partial charge in [-0.1, -0.05) is 13.8 Å². The van der Waals surface area contributed by atoms with Gasteiger partial charge in [-0.25, -0.2) is 0 Å². The van der Waals surface area contributed by atoms with E-state index in [9.17, 15) is 9.90 Å². The standard InChI is InChI=1S/C21H32O3/c1-11(22)15-6-7-16-14-5-4-12-8-13(23)9-18-21(12,3)19(14)17(24-18)10-20(15,16)2/h12-19,23H,4-10H2,1-3H3/t12?,13?,14-,15+,16-,17+,18-,19?,20+,21+/m0/s1. The summed E-state index contributed by atoms with van der Waals surface area (Å²) in [5, 5.41) is 10.3. The zero-order chi connectivity index (χ0) is 16.9. The smallest absolute Gasteiger partial charge is 0.133 e. The Morgan fingerprint density at radius 2 is 1.92 bits per heavy atom. The van der Waals surface area contributed by atoms with Gasteiger partial charge < -0.3 is 9.84 Å². The Balaban J connectivity index is 1.55. The third-order valence-electron chi connectivity index (χ3n) is 9.44. The molecule has 0 aromatic carbocycles. The van der Waals surface area contributed by atoms with Crippen LogP contribution in [0.1, 0.15) is 65.7 Å². The van der Waals surface area contributed by atoms with Crippen LogP contribution in [0.3, 0.4) is 0 Å². The van der Waals surface area contributed by atoms with E-state index in [-0.39, 0.29) is 29.0 Å².